The van der Waals surface area contributed by atoms with E-state index < -0.39 is 0 Å². The van der Waals surface area contributed by atoms with Crippen molar-refractivity contribution in [2.24, 2.45) is 0 Å². The van der Waals surface area contributed by atoms with Crippen LogP contribution in [0.3, 0.4) is 0 Å². The zero-order valence-electron chi connectivity index (χ0n) is 10.6. The molecule has 0 bridgehead atoms. The lowest BCUT2D eigenvalue weighted by molar-refractivity contribution is 0.390. The lowest BCUT2D eigenvalue weighted by atomic mass is 10.2. The highest BCUT2D eigenvalue weighted by Crippen LogP contribution is 2.24. The fourth-order valence-corrected chi connectivity index (χ4v) is 2.41. The van der Waals surface area contributed by atoms with Crippen LogP contribution in [0.2, 0.25) is 0 Å². The summed E-state index contributed by atoms with van der Waals surface area (Å²) in [6.07, 6.45) is 0. The maximum absolute atomic E-state index is 5.36. The monoisotopic (exact) mass is 263 g/mol. The average molecular weight is 263 g/mol. The Morgan fingerprint density at radius 1 is 1.11 bits per heavy atom. The minimum atomic E-state index is 0.783. The Morgan fingerprint density at radius 2 is 2.00 bits per heavy atom. The Balaban J connectivity index is 1.96. The first-order valence-corrected chi connectivity index (χ1v) is 6.65. The molecule has 0 spiro atoms. The first-order valence-electron chi connectivity index (χ1n) is 5.77. The third-order valence-electron chi connectivity index (χ3n) is 2.69. The number of ether oxygens (including phenoxy) is 2. The molecule has 0 aliphatic heterocycles. The number of thiophene rings is 1. The highest BCUT2D eigenvalue weighted by atomic mass is 32.1. The van der Waals surface area contributed by atoms with Gasteiger partial charge in [0.1, 0.15) is 11.5 Å². The summed E-state index contributed by atoms with van der Waals surface area (Å²) >= 11 is 1.76. The predicted octanol–water partition coefficient (Wildman–Crippen LogP) is 3.06. The smallest absolute Gasteiger partial charge is 0.127 e. The Hall–Kier alpha value is -1.52. The van der Waals surface area contributed by atoms with Gasteiger partial charge in [0.05, 0.1) is 14.2 Å². The van der Waals surface area contributed by atoms with E-state index in [2.05, 4.69) is 22.8 Å². The van der Waals surface area contributed by atoms with Crippen molar-refractivity contribution in [1.82, 2.24) is 5.32 Å². The van der Waals surface area contributed by atoms with Crippen LogP contribution in [0.25, 0.3) is 0 Å². The second-order valence-corrected chi connectivity index (χ2v) is 4.89. The molecular formula is C14H17NO2S. The molecule has 0 saturated heterocycles. The summed E-state index contributed by atoms with van der Waals surface area (Å²) in [6, 6.07) is 10.1. The zero-order chi connectivity index (χ0) is 12.8. The van der Waals surface area contributed by atoms with Crippen LogP contribution in [0.1, 0.15) is 10.4 Å². The van der Waals surface area contributed by atoms with Gasteiger partial charge in [0.25, 0.3) is 0 Å². The number of methoxy groups -OCH3 is 2. The van der Waals surface area contributed by atoms with Gasteiger partial charge >= 0.3 is 0 Å². The van der Waals surface area contributed by atoms with Crippen molar-refractivity contribution in [3.05, 3.63) is 46.2 Å². The SMILES string of the molecule is COc1ccc(CNCc2cccs2)c(OC)c1. The van der Waals surface area contributed by atoms with E-state index in [4.69, 9.17) is 9.47 Å². The molecule has 4 heteroatoms. The van der Waals surface area contributed by atoms with Crippen molar-refractivity contribution in [1.29, 1.82) is 0 Å². The fraction of sp³-hybridized carbons (Fsp3) is 0.286. The zero-order valence-corrected chi connectivity index (χ0v) is 11.4. The molecule has 1 N–H and O–H groups in total. The van der Waals surface area contributed by atoms with Gasteiger partial charge in [-0.15, -0.1) is 11.3 Å². The first-order chi connectivity index (χ1) is 8.83. The standard InChI is InChI=1S/C14H17NO2S/c1-16-12-6-5-11(14(8-12)17-2)9-15-10-13-4-3-7-18-13/h3-8,15H,9-10H2,1-2H3. The maximum atomic E-state index is 5.36. The Morgan fingerprint density at radius 3 is 2.67 bits per heavy atom. The molecular weight excluding hydrogens is 246 g/mol. The maximum Gasteiger partial charge on any atom is 0.127 e. The van der Waals surface area contributed by atoms with Gasteiger partial charge in [0, 0.05) is 29.6 Å². The molecule has 0 atom stereocenters. The van der Waals surface area contributed by atoms with Crippen molar-refractivity contribution in [2.45, 2.75) is 13.1 Å². The van der Waals surface area contributed by atoms with Crippen LogP contribution in [-0.2, 0) is 13.1 Å². The van der Waals surface area contributed by atoms with Crippen LogP contribution in [-0.4, -0.2) is 14.2 Å². The van der Waals surface area contributed by atoms with Crippen LogP contribution >= 0.6 is 11.3 Å². The topological polar surface area (TPSA) is 30.5 Å². The van der Waals surface area contributed by atoms with Gasteiger partial charge in [-0.25, -0.2) is 0 Å². The lowest BCUT2D eigenvalue weighted by Gasteiger charge is -2.10. The lowest BCUT2D eigenvalue weighted by Crippen LogP contribution is -2.12. The van der Waals surface area contributed by atoms with E-state index in [1.807, 2.05) is 18.2 Å². The van der Waals surface area contributed by atoms with Crippen molar-refractivity contribution >= 4 is 11.3 Å². The van der Waals surface area contributed by atoms with Gasteiger partial charge in [-0.1, -0.05) is 12.1 Å². The molecule has 18 heavy (non-hydrogen) atoms. The van der Waals surface area contributed by atoms with Gasteiger partial charge in [0.2, 0.25) is 0 Å². The van der Waals surface area contributed by atoms with E-state index in [0.717, 1.165) is 30.2 Å². The van der Waals surface area contributed by atoms with Crippen LogP contribution in [0.5, 0.6) is 11.5 Å². The van der Waals surface area contributed by atoms with Crippen molar-refractivity contribution in [3.63, 3.8) is 0 Å². The minimum Gasteiger partial charge on any atom is -0.497 e. The summed E-state index contributed by atoms with van der Waals surface area (Å²) in [5.74, 6) is 1.67. The van der Waals surface area contributed by atoms with Crippen molar-refractivity contribution in [3.8, 4) is 11.5 Å². The average Bonchev–Trinajstić information content (AvgIpc) is 2.92. The summed E-state index contributed by atoms with van der Waals surface area (Å²) < 4.78 is 10.5. The van der Waals surface area contributed by atoms with E-state index in [9.17, 15) is 0 Å². The second-order valence-electron chi connectivity index (χ2n) is 3.86. The van der Waals surface area contributed by atoms with E-state index >= 15 is 0 Å². The number of benzene rings is 1. The molecule has 1 aromatic carbocycles. The highest BCUT2D eigenvalue weighted by Gasteiger charge is 2.04. The van der Waals surface area contributed by atoms with Gasteiger partial charge < -0.3 is 14.8 Å². The van der Waals surface area contributed by atoms with E-state index in [0.29, 0.717) is 0 Å². The van der Waals surface area contributed by atoms with Gasteiger partial charge in [0.15, 0.2) is 0 Å². The minimum absolute atomic E-state index is 0.783. The molecule has 0 fully saturated rings. The van der Waals surface area contributed by atoms with Crippen molar-refractivity contribution in [2.75, 3.05) is 14.2 Å². The predicted molar refractivity (Wildman–Crippen MR) is 74.4 cm³/mol. The molecule has 2 aromatic rings. The highest BCUT2D eigenvalue weighted by molar-refractivity contribution is 7.09. The molecule has 0 amide bonds. The van der Waals surface area contributed by atoms with E-state index in [1.165, 1.54) is 4.88 Å². The molecule has 3 nitrogen and oxygen atoms in total. The Kier molecular flexibility index (Phi) is 4.61. The molecule has 1 heterocycles. The van der Waals surface area contributed by atoms with Gasteiger partial charge in [-0.05, 0) is 17.5 Å². The second kappa shape index (κ2) is 6.42. The van der Waals surface area contributed by atoms with Crippen LogP contribution in [0, 0.1) is 0 Å². The van der Waals surface area contributed by atoms with Gasteiger partial charge in [-0.2, -0.15) is 0 Å². The summed E-state index contributed by atoms with van der Waals surface area (Å²) in [5, 5.41) is 5.49. The number of hydrogen-bond donors (Lipinski definition) is 1. The summed E-state index contributed by atoms with van der Waals surface area (Å²) in [5.41, 5.74) is 1.13. The van der Waals surface area contributed by atoms with Crippen LogP contribution < -0.4 is 14.8 Å². The molecule has 1 aromatic heterocycles. The van der Waals surface area contributed by atoms with Crippen LogP contribution in [0.15, 0.2) is 35.7 Å². The quantitative estimate of drug-likeness (QED) is 0.869. The van der Waals surface area contributed by atoms with E-state index in [-0.39, 0.29) is 0 Å². The molecule has 0 aliphatic carbocycles. The third-order valence-corrected chi connectivity index (χ3v) is 3.57. The summed E-state index contributed by atoms with van der Waals surface area (Å²) in [6.45, 7) is 1.66. The molecule has 0 saturated carbocycles. The number of rotatable bonds is 6. The molecule has 0 radical (unpaired) electrons. The van der Waals surface area contributed by atoms with Crippen molar-refractivity contribution < 1.29 is 9.47 Å². The third kappa shape index (κ3) is 3.24. The number of hydrogen-bond acceptors (Lipinski definition) is 4. The first kappa shape index (κ1) is 12.9. The largest absolute Gasteiger partial charge is 0.497 e. The number of nitrogens with one attached hydrogen (secondary N) is 1. The summed E-state index contributed by atoms with van der Waals surface area (Å²) in [4.78, 5) is 1.34. The summed E-state index contributed by atoms with van der Waals surface area (Å²) in [7, 11) is 3.33. The normalized spacial score (nSPS) is 10.3. The Labute approximate surface area is 111 Å². The Bertz CT molecular complexity index is 483. The van der Waals surface area contributed by atoms with Gasteiger partial charge in [-0.3, -0.25) is 0 Å². The molecule has 0 aliphatic rings. The van der Waals surface area contributed by atoms with E-state index in [1.54, 1.807) is 25.6 Å². The van der Waals surface area contributed by atoms with Crippen LogP contribution in [0.4, 0.5) is 0 Å². The fourth-order valence-electron chi connectivity index (χ4n) is 1.73. The molecule has 96 valence electrons. The molecule has 0 unspecified atom stereocenters. The molecule has 2 rings (SSSR count).